The van der Waals surface area contributed by atoms with Crippen molar-refractivity contribution in [2.75, 3.05) is 26.2 Å². The number of rotatable bonds is 8. The number of carbonyl (C=O) groups is 1. The van der Waals surface area contributed by atoms with Crippen LogP contribution < -0.4 is 16.0 Å². The summed E-state index contributed by atoms with van der Waals surface area (Å²) in [5, 5.41) is 10.0. The van der Waals surface area contributed by atoms with Crippen LogP contribution in [0.15, 0.2) is 34.8 Å². The van der Waals surface area contributed by atoms with Crippen LogP contribution in [0.1, 0.15) is 27.9 Å². The van der Waals surface area contributed by atoms with E-state index in [0.29, 0.717) is 24.5 Å². The largest absolute Gasteiger partial charge is 0.357 e. The predicted molar refractivity (Wildman–Crippen MR) is 124 cm³/mol. The first-order valence-corrected chi connectivity index (χ1v) is 9.80. The van der Waals surface area contributed by atoms with E-state index < -0.39 is 0 Å². The molecule has 3 N–H and O–H groups in total. The third kappa shape index (κ3) is 8.44. The molecule has 9 heteroatoms. The maximum atomic E-state index is 12.0. The van der Waals surface area contributed by atoms with Crippen molar-refractivity contribution in [1.29, 1.82) is 0 Å². The molecule has 1 heterocycles. The van der Waals surface area contributed by atoms with Gasteiger partial charge in [-0.15, -0.1) is 35.3 Å². The van der Waals surface area contributed by atoms with Crippen LogP contribution in [0.25, 0.3) is 0 Å². The molecular formula is C18H25ClIN5OS. The lowest BCUT2D eigenvalue weighted by molar-refractivity contribution is 0.0957. The fraction of sp³-hybridized carbons (Fsp3) is 0.389. The highest BCUT2D eigenvalue weighted by molar-refractivity contribution is 14.0. The van der Waals surface area contributed by atoms with E-state index in [4.69, 9.17) is 11.6 Å². The summed E-state index contributed by atoms with van der Waals surface area (Å²) in [4.78, 5) is 21.3. The molecule has 2 aromatic rings. The number of aliphatic imine (C=N–C) groups is 1. The molecule has 0 atom stereocenters. The smallest absolute Gasteiger partial charge is 0.263 e. The number of benzene rings is 1. The Labute approximate surface area is 186 Å². The summed E-state index contributed by atoms with van der Waals surface area (Å²) in [7, 11) is 0. The molecule has 0 radical (unpaired) electrons. The van der Waals surface area contributed by atoms with Crippen LogP contribution >= 0.6 is 46.9 Å². The zero-order chi connectivity index (χ0) is 18.8. The van der Waals surface area contributed by atoms with Gasteiger partial charge < -0.3 is 16.0 Å². The van der Waals surface area contributed by atoms with E-state index >= 15 is 0 Å². The van der Waals surface area contributed by atoms with Crippen LogP contribution in [-0.4, -0.2) is 43.0 Å². The maximum absolute atomic E-state index is 12.0. The second-order valence-electron chi connectivity index (χ2n) is 5.59. The van der Waals surface area contributed by atoms with E-state index in [9.17, 15) is 4.79 Å². The van der Waals surface area contributed by atoms with Gasteiger partial charge in [0.2, 0.25) is 0 Å². The number of thiazole rings is 1. The first-order valence-electron chi connectivity index (χ1n) is 8.55. The fourth-order valence-corrected chi connectivity index (χ4v) is 3.22. The van der Waals surface area contributed by atoms with Crippen LogP contribution in [0.3, 0.4) is 0 Å². The summed E-state index contributed by atoms with van der Waals surface area (Å²) in [5.41, 5.74) is 3.60. The van der Waals surface area contributed by atoms with Crippen molar-refractivity contribution in [3.05, 3.63) is 50.9 Å². The van der Waals surface area contributed by atoms with E-state index in [-0.39, 0.29) is 29.9 Å². The van der Waals surface area contributed by atoms with E-state index in [0.717, 1.165) is 35.2 Å². The lowest BCUT2D eigenvalue weighted by Crippen LogP contribution is -2.41. The van der Waals surface area contributed by atoms with E-state index in [2.05, 4.69) is 25.9 Å². The van der Waals surface area contributed by atoms with Crippen LogP contribution in [0.5, 0.6) is 0 Å². The fourth-order valence-electron chi connectivity index (χ4n) is 2.29. The first kappa shape index (κ1) is 23.6. The van der Waals surface area contributed by atoms with E-state index in [1.165, 1.54) is 11.3 Å². The Kier molecular flexibility index (Phi) is 11.3. The standard InChI is InChI=1S/C18H24ClN5OS.HI/c1-3-20-18(22-8-7-14-5-4-6-15(19)11-14)23-10-9-21-17(25)16-13(2)24-12-26-16;/h4-6,11-12H,3,7-10H2,1-2H3,(H,21,25)(H2,20,22,23);1H. The van der Waals surface area contributed by atoms with E-state index in [1.54, 1.807) is 5.51 Å². The van der Waals surface area contributed by atoms with Gasteiger partial charge in [0.1, 0.15) is 4.88 Å². The minimum Gasteiger partial charge on any atom is -0.357 e. The van der Waals surface area contributed by atoms with Crippen LogP contribution in [0.4, 0.5) is 0 Å². The number of amides is 1. The van der Waals surface area contributed by atoms with Gasteiger partial charge in [-0.3, -0.25) is 9.79 Å². The topological polar surface area (TPSA) is 78.4 Å². The number of carbonyl (C=O) groups excluding carboxylic acids is 1. The summed E-state index contributed by atoms with van der Waals surface area (Å²) in [6, 6.07) is 7.80. The minimum absolute atomic E-state index is 0. The number of hydrogen-bond donors (Lipinski definition) is 3. The van der Waals surface area contributed by atoms with Gasteiger partial charge in [-0.1, -0.05) is 23.7 Å². The molecule has 27 heavy (non-hydrogen) atoms. The number of aryl methyl sites for hydroxylation is 1. The summed E-state index contributed by atoms with van der Waals surface area (Å²) in [5.74, 6) is 0.646. The third-order valence-electron chi connectivity index (χ3n) is 3.56. The quantitative estimate of drug-likeness (QED) is 0.216. The Bertz CT molecular complexity index is 753. The highest BCUT2D eigenvalue weighted by Gasteiger charge is 2.10. The molecule has 0 aliphatic heterocycles. The molecule has 1 aromatic heterocycles. The Morgan fingerprint density at radius 1 is 1.26 bits per heavy atom. The normalized spacial score (nSPS) is 10.9. The van der Waals surface area contributed by atoms with Gasteiger partial charge in [0.15, 0.2) is 5.96 Å². The molecule has 2 rings (SSSR count). The Hall–Kier alpha value is -1.39. The molecule has 148 valence electrons. The van der Waals surface area contributed by atoms with Crippen molar-refractivity contribution in [3.8, 4) is 0 Å². The van der Waals surface area contributed by atoms with Gasteiger partial charge >= 0.3 is 0 Å². The van der Waals surface area contributed by atoms with Gasteiger partial charge in [-0.05, 0) is 38.0 Å². The summed E-state index contributed by atoms with van der Waals surface area (Å²) < 4.78 is 0. The average Bonchev–Trinajstić information content (AvgIpc) is 3.04. The van der Waals surface area contributed by atoms with E-state index in [1.807, 2.05) is 38.1 Å². The number of guanidine groups is 1. The van der Waals surface area contributed by atoms with Crippen molar-refractivity contribution in [1.82, 2.24) is 20.9 Å². The van der Waals surface area contributed by atoms with Crippen LogP contribution in [0, 0.1) is 6.92 Å². The lowest BCUT2D eigenvalue weighted by atomic mass is 10.1. The lowest BCUT2D eigenvalue weighted by Gasteiger charge is -2.12. The molecule has 1 amide bonds. The monoisotopic (exact) mass is 521 g/mol. The molecule has 0 saturated carbocycles. The molecule has 0 unspecified atom stereocenters. The first-order chi connectivity index (χ1) is 12.6. The second kappa shape index (κ2) is 12.9. The van der Waals surface area contributed by atoms with Crippen LogP contribution in [-0.2, 0) is 6.42 Å². The number of hydrogen-bond acceptors (Lipinski definition) is 4. The van der Waals surface area contributed by atoms with Gasteiger partial charge in [0.05, 0.1) is 11.2 Å². The SMILES string of the molecule is CCNC(=NCCc1cccc(Cl)c1)NCCNC(=O)c1scnc1C.I. The second-order valence-corrected chi connectivity index (χ2v) is 6.88. The number of aromatic nitrogens is 1. The summed E-state index contributed by atoms with van der Waals surface area (Å²) in [6.45, 7) is 6.38. The Morgan fingerprint density at radius 3 is 2.70 bits per heavy atom. The molecule has 0 spiro atoms. The molecule has 6 nitrogen and oxygen atoms in total. The predicted octanol–water partition coefficient (Wildman–Crippen LogP) is 3.25. The van der Waals surface area contributed by atoms with Crippen molar-refractivity contribution in [2.24, 2.45) is 4.99 Å². The van der Waals surface area contributed by atoms with Gasteiger partial charge in [-0.25, -0.2) is 4.98 Å². The Morgan fingerprint density at radius 2 is 2.04 bits per heavy atom. The van der Waals surface area contributed by atoms with Crippen molar-refractivity contribution >= 4 is 58.8 Å². The Balaban J connectivity index is 0.00000364. The third-order valence-corrected chi connectivity index (χ3v) is 4.72. The van der Waals surface area contributed by atoms with Gasteiger partial charge in [-0.2, -0.15) is 0 Å². The maximum Gasteiger partial charge on any atom is 0.263 e. The molecular weight excluding hydrogens is 497 g/mol. The van der Waals surface area contributed by atoms with Gasteiger partial charge in [0, 0.05) is 31.2 Å². The molecule has 0 bridgehead atoms. The van der Waals surface area contributed by atoms with Crippen molar-refractivity contribution in [2.45, 2.75) is 20.3 Å². The highest BCUT2D eigenvalue weighted by atomic mass is 127. The molecule has 0 saturated heterocycles. The average molecular weight is 522 g/mol. The summed E-state index contributed by atoms with van der Waals surface area (Å²) >= 11 is 7.35. The molecule has 0 aliphatic carbocycles. The molecule has 0 fully saturated rings. The molecule has 1 aromatic carbocycles. The highest BCUT2D eigenvalue weighted by Crippen LogP contribution is 2.11. The number of nitrogens with zero attached hydrogens (tertiary/aromatic N) is 2. The zero-order valence-corrected chi connectivity index (χ0v) is 19.3. The zero-order valence-electron chi connectivity index (χ0n) is 15.4. The summed E-state index contributed by atoms with van der Waals surface area (Å²) in [6.07, 6.45) is 0.818. The van der Waals surface area contributed by atoms with Crippen molar-refractivity contribution < 1.29 is 4.79 Å². The van der Waals surface area contributed by atoms with Crippen LogP contribution in [0.2, 0.25) is 5.02 Å². The molecule has 0 aliphatic rings. The van der Waals surface area contributed by atoms with Crippen molar-refractivity contribution in [3.63, 3.8) is 0 Å². The number of nitrogens with one attached hydrogen (secondary N) is 3. The van der Waals surface area contributed by atoms with Gasteiger partial charge in [0.25, 0.3) is 5.91 Å². The minimum atomic E-state index is -0.0882. The number of halogens is 2.